The average Bonchev–Trinajstić information content (AvgIpc) is 2.82. The molecule has 5 nitrogen and oxygen atoms in total. The van der Waals surface area contributed by atoms with E-state index in [1.54, 1.807) is 4.52 Å². The molecule has 0 spiro atoms. The van der Waals surface area contributed by atoms with Gasteiger partial charge in [-0.05, 0) is 30.8 Å². The average molecular weight is 253 g/mol. The highest BCUT2D eigenvalue weighted by Crippen LogP contribution is 2.14. The quantitative estimate of drug-likeness (QED) is 0.746. The maximum Gasteiger partial charge on any atom is 0.153 e. The summed E-state index contributed by atoms with van der Waals surface area (Å²) in [6.45, 7) is 0.596. The van der Waals surface area contributed by atoms with E-state index in [1.807, 2.05) is 48.7 Å². The second-order valence-corrected chi connectivity index (χ2v) is 4.28. The molecule has 1 aromatic carbocycles. The number of imidazole rings is 1. The number of benzene rings is 1. The highest BCUT2D eigenvalue weighted by atomic mass is 15.3. The first-order chi connectivity index (χ1) is 9.35. The van der Waals surface area contributed by atoms with Crippen LogP contribution in [-0.2, 0) is 6.42 Å². The Labute approximate surface area is 111 Å². The minimum absolute atomic E-state index is 0.596. The molecule has 0 aliphatic carbocycles. The Kier molecular flexibility index (Phi) is 3.12. The van der Waals surface area contributed by atoms with Crippen molar-refractivity contribution in [2.75, 3.05) is 11.9 Å². The van der Waals surface area contributed by atoms with Gasteiger partial charge in [-0.3, -0.25) is 0 Å². The predicted molar refractivity (Wildman–Crippen MR) is 75.5 cm³/mol. The van der Waals surface area contributed by atoms with Crippen LogP contribution >= 0.6 is 0 Å². The first-order valence-electron chi connectivity index (χ1n) is 6.22. The Morgan fingerprint density at radius 3 is 2.74 bits per heavy atom. The Morgan fingerprint density at radius 2 is 1.95 bits per heavy atom. The zero-order valence-electron chi connectivity index (χ0n) is 10.5. The molecule has 0 radical (unpaired) electrons. The van der Waals surface area contributed by atoms with Gasteiger partial charge in [0.05, 0.1) is 11.9 Å². The number of nitrogens with zero attached hydrogens (tertiary/aromatic N) is 3. The predicted octanol–water partition coefficient (Wildman–Crippen LogP) is 1.97. The molecule has 0 amide bonds. The van der Waals surface area contributed by atoms with Crippen molar-refractivity contribution in [1.29, 1.82) is 0 Å². The molecule has 0 aliphatic heterocycles. The van der Waals surface area contributed by atoms with Crippen molar-refractivity contribution in [1.82, 2.24) is 14.6 Å². The molecule has 2 aromatic heterocycles. The van der Waals surface area contributed by atoms with E-state index in [9.17, 15) is 0 Å². The van der Waals surface area contributed by atoms with Gasteiger partial charge in [0.2, 0.25) is 0 Å². The first kappa shape index (κ1) is 11.7. The van der Waals surface area contributed by atoms with Gasteiger partial charge in [0.1, 0.15) is 0 Å². The lowest BCUT2D eigenvalue weighted by Gasteiger charge is -2.04. The maximum absolute atomic E-state index is 5.53. The minimum atomic E-state index is 0.596. The second kappa shape index (κ2) is 5.07. The van der Waals surface area contributed by atoms with Crippen molar-refractivity contribution < 1.29 is 0 Å². The number of anilines is 2. The van der Waals surface area contributed by atoms with Crippen LogP contribution in [0.15, 0.2) is 48.7 Å². The molecule has 2 heterocycles. The third kappa shape index (κ3) is 2.56. The lowest BCUT2D eigenvalue weighted by Crippen LogP contribution is -2.02. The minimum Gasteiger partial charge on any atom is -0.339 e. The normalized spacial score (nSPS) is 10.8. The summed E-state index contributed by atoms with van der Waals surface area (Å²) >= 11 is 0. The molecule has 3 aromatic rings. The van der Waals surface area contributed by atoms with Gasteiger partial charge < -0.3 is 11.1 Å². The lowest BCUT2D eigenvalue weighted by molar-refractivity contribution is 0.917. The van der Waals surface area contributed by atoms with E-state index >= 15 is 0 Å². The highest BCUT2D eigenvalue weighted by molar-refractivity contribution is 5.56. The number of hydrogen-bond donors (Lipinski definition) is 2. The fourth-order valence-corrected chi connectivity index (χ4v) is 1.94. The summed E-state index contributed by atoms with van der Waals surface area (Å²) in [7, 11) is 0. The van der Waals surface area contributed by atoms with E-state index in [1.165, 1.54) is 0 Å². The van der Waals surface area contributed by atoms with Crippen LogP contribution in [0.5, 0.6) is 0 Å². The summed E-state index contributed by atoms with van der Waals surface area (Å²) in [5.74, 6) is 0.787. The number of rotatable bonds is 4. The third-order valence-corrected chi connectivity index (χ3v) is 2.82. The molecule has 0 atom stereocenters. The van der Waals surface area contributed by atoms with Gasteiger partial charge >= 0.3 is 0 Å². The monoisotopic (exact) mass is 253 g/mol. The number of para-hydroxylation sites is 1. The summed E-state index contributed by atoms with van der Waals surface area (Å²) in [5, 5.41) is 7.73. The van der Waals surface area contributed by atoms with E-state index in [0.29, 0.717) is 6.54 Å². The van der Waals surface area contributed by atoms with Gasteiger partial charge in [0.25, 0.3) is 0 Å². The summed E-state index contributed by atoms with van der Waals surface area (Å²) in [5.41, 5.74) is 8.34. The van der Waals surface area contributed by atoms with Crippen LogP contribution in [0.25, 0.3) is 5.65 Å². The van der Waals surface area contributed by atoms with Gasteiger partial charge in [0, 0.05) is 12.1 Å². The summed E-state index contributed by atoms with van der Waals surface area (Å²) in [6, 6.07) is 13.8. The van der Waals surface area contributed by atoms with E-state index in [2.05, 4.69) is 15.4 Å². The molecule has 19 heavy (non-hydrogen) atoms. The number of aromatic nitrogens is 3. The molecule has 0 saturated heterocycles. The van der Waals surface area contributed by atoms with Crippen LogP contribution in [0, 0.1) is 0 Å². The summed E-state index contributed by atoms with van der Waals surface area (Å²) in [6.07, 6.45) is 2.68. The molecule has 0 unspecified atom stereocenters. The largest absolute Gasteiger partial charge is 0.339 e. The zero-order valence-corrected chi connectivity index (χ0v) is 10.5. The number of nitrogens with two attached hydrogens (primary N) is 1. The molecule has 0 aliphatic rings. The standard InChI is InChI=1S/C14H15N5/c15-9-8-12-10-19-14(17-12)7-6-13(18-19)16-11-4-2-1-3-5-11/h1-7,10H,8-9,15H2,(H,16,18). The number of hydrogen-bond acceptors (Lipinski definition) is 4. The van der Waals surface area contributed by atoms with Gasteiger partial charge in [0.15, 0.2) is 11.5 Å². The smallest absolute Gasteiger partial charge is 0.153 e. The van der Waals surface area contributed by atoms with Crippen LogP contribution in [-0.4, -0.2) is 21.1 Å². The Morgan fingerprint density at radius 1 is 1.11 bits per heavy atom. The highest BCUT2D eigenvalue weighted by Gasteiger charge is 2.03. The van der Waals surface area contributed by atoms with Crippen molar-refractivity contribution in [2.24, 2.45) is 5.73 Å². The molecular weight excluding hydrogens is 238 g/mol. The van der Waals surface area contributed by atoms with Crippen molar-refractivity contribution in [2.45, 2.75) is 6.42 Å². The number of fused-ring (bicyclic) bond motifs is 1. The van der Waals surface area contributed by atoms with Crippen molar-refractivity contribution in [3.63, 3.8) is 0 Å². The van der Waals surface area contributed by atoms with E-state index in [-0.39, 0.29) is 0 Å². The van der Waals surface area contributed by atoms with Crippen LogP contribution < -0.4 is 11.1 Å². The van der Waals surface area contributed by atoms with Gasteiger partial charge in [-0.1, -0.05) is 18.2 Å². The molecular formula is C14H15N5. The van der Waals surface area contributed by atoms with Crippen LogP contribution in [0.3, 0.4) is 0 Å². The third-order valence-electron chi connectivity index (χ3n) is 2.82. The maximum atomic E-state index is 5.53. The topological polar surface area (TPSA) is 68.2 Å². The molecule has 96 valence electrons. The van der Waals surface area contributed by atoms with Gasteiger partial charge in [-0.15, -0.1) is 5.10 Å². The molecule has 3 N–H and O–H groups in total. The summed E-state index contributed by atoms with van der Waals surface area (Å²) in [4.78, 5) is 4.44. The molecule has 0 bridgehead atoms. The molecule has 5 heteroatoms. The van der Waals surface area contributed by atoms with E-state index in [4.69, 9.17) is 5.73 Å². The van der Waals surface area contributed by atoms with Crippen LogP contribution in [0.1, 0.15) is 5.69 Å². The molecule has 3 rings (SSSR count). The van der Waals surface area contributed by atoms with Crippen LogP contribution in [0.4, 0.5) is 11.5 Å². The Hall–Kier alpha value is -2.40. The Bertz CT molecular complexity index is 675. The van der Waals surface area contributed by atoms with Crippen LogP contribution in [0.2, 0.25) is 0 Å². The van der Waals surface area contributed by atoms with Crippen molar-refractivity contribution >= 4 is 17.2 Å². The zero-order chi connectivity index (χ0) is 13.1. The van der Waals surface area contributed by atoms with Crippen molar-refractivity contribution in [3.8, 4) is 0 Å². The fourth-order valence-electron chi connectivity index (χ4n) is 1.94. The molecule has 0 saturated carbocycles. The molecule has 0 fully saturated rings. The summed E-state index contributed by atoms with van der Waals surface area (Å²) < 4.78 is 1.77. The SMILES string of the molecule is NCCc1cn2nc(Nc3ccccc3)ccc2n1. The fraction of sp³-hybridized carbons (Fsp3) is 0.143. The van der Waals surface area contributed by atoms with E-state index < -0.39 is 0 Å². The lowest BCUT2D eigenvalue weighted by atomic mass is 10.3. The van der Waals surface area contributed by atoms with Crippen molar-refractivity contribution in [3.05, 3.63) is 54.4 Å². The van der Waals surface area contributed by atoms with Gasteiger partial charge in [-0.2, -0.15) is 0 Å². The van der Waals surface area contributed by atoms with Gasteiger partial charge in [-0.25, -0.2) is 9.50 Å². The van der Waals surface area contributed by atoms with E-state index in [0.717, 1.165) is 29.3 Å². The Balaban J connectivity index is 1.88. The number of nitrogens with one attached hydrogen (secondary N) is 1. The first-order valence-corrected chi connectivity index (χ1v) is 6.22. The second-order valence-electron chi connectivity index (χ2n) is 4.28.